The Morgan fingerprint density at radius 1 is 0.181 bits per heavy atom. The van der Waals surface area contributed by atoms with E-state index in [1.807, 2.05) is 0 Å². The molecule has 0 aromatic heterocycles. The van der Waals surface area contributed by atoms with E-state index >= 15 is 0 Å². The summed E-state index contributed by atoms with van der Waals surface area (Å²) in [6, 6.07) is 8.47. The van der Waals surface area contributed by atoms with Crippen molar-refractivity contribution in [1.82, 2.24) is 0 Å². The number of hydrogen-bond acceptors (Lipinski definition) is 0. The quantitative estimate of drug-likeness (QED) is 0.0571. The zero-order valence-corrected chi connectivity index (χ0v) is 50.7. The van der Waals surface area contributed by atoms with E-state index in [1.54, 1.807) is 16.7 Å². The minimum absolute atomic E-state index is 1.29. The predicted molar refractivity (Wildman–Crippen MR) is 330 cm³/mol. The Balaban J connectivity index is 2.26. The first-order valence-electron chi connectivity index (χ1n) is 34.8. The molecule has 0 heterocycles. The molecule has 0 N–H and O–H groups in total. The van der Waals surface area contributed by atoms with Gasteiger partial charge in [-0.05, 0) is 61.3 Å². The van der Waals surface area contributed by atoms with Crippen molar-refractivity contribution in [2.45, 2.75) is 425 Å². The molecular weight excluding hydrogens is 865 g/mol. The molecule has 0 aliphatic rings. The lowest BCUT2D eigenvalue weighted by Gasteiger charge is -2.15. The standard InChI is InChI=1S/C72H137/c1-4-7-10-13-16-19-22-25-28-31-34-37-40-43-46-49-52-55-58-61-65-70-67-64-68-71(66-62-59-56-53-50-47-44-41-38-35-32-29-26-23-20-17-14-11-8-5-2)72(70)69-63-60-57-54-51-48-45-42-39-36-33-30-27-24-21-18-15-12-9-6-3/h67-68H,4-63,65-66,69H2,1-3H3. The Morgan fingerprint density at radius 3 is 0.486 bits per heavy atom. The van der Waals surface area contributed by atoms with Crippen molar-refractivity contribution in [2.75, 3.05) is 0 Å². The summed E-state index contributed by atoms with van der Waals surface area (Å²) in [6.45, 7) is 6.96. The fourth-order valence-electron chi connectivity index (χ4n) is 12.1. The van der Waals surface area contributed by atoms with Crippen LogP contribution in [0.3, 0.4) is 0 Å². The summed E-state index contributed by atoms with van der Waals surface area (Å²) in [5.74, 6) is 0. The molecule has 0 fully saturated rings. The summed E-state index contributed by atoms with van der Waals surface area (Å²) in [6.07, 6.45) is 91.5. The fraction of sp³-hybridized carbons (Fsp3) is 0.917. The Morgan fingerprint density at radius 2 is 0.319 bits per heavy atom. The summed E-state index contributed by atoms with van der Waals surface area (Å²) >= 11 is 0. The van der Waals surface area contributed by atoms with Gasteiger partial charge in [-0.25, -0.2) is 0 Å². The lowest BCUT2D eigenvalue weighted by molar-refractivity contribution is 0.520. The van der Waals surface area contributed by atoms with Crippen LogP contribution in [-0.4, -0.2) is 0 Å². The lowest BCUT2D eigenvalue weighted by Crippen LogP contribution is -2.02. The van der Waals surface area contributed by atoms with Gasteiger partial charge in [0.2, 0.25) is 0 Å². The van der Waals surface area contributed by atoms with E-state index in [2.05, 4.69) is 39.0 Å². The molecule has 0 amide bonds. The Kier molecular flexibility index (Phi) is 58.7. The molecule has 0 heteroatoms. The van der Waals surface area contributed by atoms with E-state index in [0.29, 0.717) is 0 Å². The largest absolute Gasteiger partial charge is 0.0654 e. The highest BCUT2D eigenvalue weighted by Gasteiger charge is 2.10. The number of benzene rings is 1. The molecule has 0 unspecified atom stereocenters. The molecule has 1 aromatic rings. The minimum Gasteiger partial charge on any atom is -0.0654 e. The van der Waals surface area contributed by atoms with Gasteiger partial charge in [0.1, 0.15) is 0 Å². The number of rotatable bonds is 63. The van der Waals surface area contributed by atoms with E-state index in [9.17, 15) is 0 Å². The highest BCUT2D eigenvalue weighted by molar-refractivity contribution is 5.35. The van der Waals surface area contributed by atoms with Crippen molar-refractivity contribution in [3.8, 4) is 0 Å². The summed E-state index contributed by atoms with van der Waals surface area (Å²) in [5.41, 5.74) is 5.09. The van der Waals surface area contributed by atoms with Crippen molar-refractivity contribution in [3.63, 3.8) is 0 Å². The Bertz CT molecular complexity index is 1050. The van der Waals surface area contributed by atoms with E-state index < -0.39 is 0 Å². The highest BCUT2D eigenvalue weighted by Crippen LogP contribution is 2.25. The third-order valence-corrected chi connectivity index (χ3v) is 17.2. The smallest absolute Gasteiger partial charge is 0.0178 e. The highest BCUT2D eigenvalue weighted by atomic mass is 14.2. The van der Waals surface area contributed by atoms with Gasteiger partial charge in [0, 0.05) is 0 Å². The zero-order valence-electron chi connectivity index (χ0n) is 50.7. The van der Waals surface area contributed by atoms with Crippen LogP contribution in [-0.2, 0) is 19.3 Å². The van der Waals surface area contributed by atoms with Gasteiger partial charge >= 0.3 is 0 Å². The van der Waals surface area contributed by atoms with Crippen LogP contribution in [0.4, 0.5) is 0 Å². The number of hydrogen-bond donors (Lipinski definition) is 0. The maximum Gasteiger partial charge on any atom is -0.0178 e. The predicted octanol–water partition coefficient (Wildman–Crippen LogP) is 26.6. The molecule has 1 rings (SSSR count). The van der Waals surface area contributed by atoms with Crippen LogP contribution in [0.2, 0.25) is 0 Å². The van der Waals surface area contributed by atoms with Crippen LogP contribution in [0.25, 0.3) is 0 Å². The second-order valence-corrected chi connectivity index (χ2v) is 24.4. The van der Waals surface area contributed by atoms with Gasteiger partial charge < -0.3 is 0 Å². The molecular formula is C72H137. The van der Waals surface area contributed by atoms with Gasteiger partial charge in [0.15, 0.2) is 0 Å². The summed E-state index contributed by atoms with van der Waals surface area (Å²) in [5, 5.41) is 0. The summed E-state index contributed by atoms with van der Waals surface area (Å²) < 4.78 is 0. The molecule has 0 bridgehead atoms. The molecule has 1 aromatic carbocycles. The topological polar surface area (TPSA) is 0 Å². The summed E-state index contributed by atoms with van der Waals surface area (Å²) in [7, 11) is 0. The molecule has 0 spiro atoms. The molecule has 72 heavy (non-hydrogen) atoms. The molecule has 425 valence electrons. The van der Waals surface area contributed by atoms with Crippen LogP contribution < -0.4 is 0 Å². The van der Waals surface area contributed by atoms with Crippen LogP contribution in [0.5, 0.6) is 0 Å². The molecule has 0 saturated carbocycles. The second kappa shape index (κ2) is 61.1. The first-order chi connectivity index (χ1) is 35.8. The zero-order chi connectivity index (χ0) is 51.4. The molecule has 0 atom stereocenters. The fourth-order valence-corrected chi connectivity index (χ4v) is 12.1. The second-order valence-electron chi connectivity index (χ2n) is 24.4. The molecule has 0 saturated heterocycles. The maximum atomic E-state index is 3.66. The first-order valence-corrected chi connectivity index (χ1v) is 34.8. The van der Waals surface area contributed by atoms with Gasteiger partial charge in [-0.2, -0.15) is 0 Å². The van der Waals surface area contributed by atoms with Crippen LogP contribution in [0.15, 0.2) is 12.1 Å². The molecule has 0 aliphatic heterocycles. The summed E-state index contributed by atoms with van der Waals surface area (Å²) in [4.78, 5) is 0. The van der Waals surface area contributed by atoms with E-state index in [-0.39, 0.29) is 0 Å². The Labute approximate surface area is 458 Å². The SMILES string of the molecule is CCCCCCCCCCCCCCCCCCCCCCc1c[c]cc(CCCCCCCCCCCCCCCCCCCCCC)c1CCCCCCCCCCCCCCCCCCCCCC. The van der Waals surface area contributed by atoms with Crippen LogP contribution in [0.1, 0.15) is 423 Å². The molecule has 0 aliphatic carbocycles. The van der Waals surface area contributed by atoms with Gasteiger partial charge in [0.25, 0.3) is 0 Å². The van der Waals surface area contributed by atoms with E-state index in [1.165, 1.54) is 405 Å². The van der Waals surface area contributed by atoms with E-state index in [4.69, 9.17) is 0 Å². The number of unbranched alkanes of at least 4 members (excludes halogenated alkanes) is 57. The van der Waals surface area contributed by atoms with Crippen molar-refractivity contribution in [1.29, 1.82) is 0 Å². The van der Waals surface area contributed by atoms with Crippen molar-refractivity contribution in [3.05, 3.63) is 34.9 Å². The van der Waals surface area contributed by atoms with Crippen molar-refractivity contribution < 1.29 is 0 Å². The average Bonchev–Trinajstić information content (AvgIpc) is 3.39. The molecule has 1 radical (unpaired) electrons. The van der Waals surface area contributed by atoms with Gasteiger partial charge in [0.05, 0.1) is 0 Å². The van der Waals surface area contributed by atoms with Crippen molar-refractivity contribution in [2.24, 2.45) is 0 Å². The van der Waals surface area contributed by atoms with Crippen LogP contribution in [0, 0.1) is 6.07 Å². The third kappa shape index (κ3) is 51.3. The average molecular weight is 1000 g/mol. The normalized spacial score (nSPS) is 11.7. The maximum absolute atomic E-state index is 3.66. The monoisotopic (exact) mass is 1000 g/mol. The first kappa shape index (κ1) is 69.2. The van der Waals surface area contributed by atoms with Crippen LogP contribution >= 0.6 is 0 Å². The van der Waals surface area contributed by atoms with Gasteiger partial charge in [-0.15, -0.1) is 0 Å². The molecule has 0 nitrogen and oxygen atoms in total. The van der Waals surface area contributed by atoms with Crippen molar-refractivity contribution >= 4 is 0 Å². The number of aryl methyl sites for hydroxylation is 2. The van der Waals surface area contributed by atoms with Gasteiger partial charge in [-0.1, -0.05) is 399 Å². The lowest BCUT2D eigenvalue weighted by atomic mass is 9.90. The van der Waals surface area contributed by atoms with E-state index in [0.717, 1.165) is 0 Å². The Hall–Kier alpha value is -0.780. The third-order valence-electron chi connectivity index (χ3n) is 17.2. The minimum atomic E-state index is 1.29. The van der Waals surface area contributed by atoms with Gasteiger partial charge in [-0.3, -0.25) is 0 Å².